The second kappa shape index (κ2) is 14.6. The van der Waals surface area contributed by atoms with Gasteiger partial charge in [-0.1, -0.05) is 82.9 Å². The molecule has 0 amide bonds. The minimum absolute atomic E-state index is 0. The quantitative estimate of drug-likeness (QED) is 0.256. The summed E-state index contributed by atoms with van der Waals surface area (Å²) in [5.41, 5.74) is 0. The SMILES string of the molecule is CCCCCCCCCCCCC(C)[N+](C)(C)Oc1ccccc1.[Br-]. The highest BCUT2D eigenvalue weighted by Crippen LogP contribution is 2.20. The van der Waals surface area contributed by atoms with Crippen LogP contribution in [0.15, 0.2) is 30.3 Å². The van der Waals surface area contributed by atoms with Gasteiger partial charge in [-0.05, 0) is 25.5 Å². The van der Waals surface area contributed by atoms with Crippen LogP contribution in [0.1, 0.15) is 84.5 Å². The van der Waals surface area contributed by atoms with E-state index in [1.807, 2.05) is 30.3 Å². The van der Waals surface area contributed by atoms with Crippen LogP contribution in [0, 0.1) is 0 Å². The Kier molecular flexibility index (Phi) is 14.3. The molecule has 0 heterocycles. The first kappa shape index (κ1) is 24.5. The van der Waals surface area contributed by atoms with Crippen LogP contribution < -0.4 is 21.8 Å². The van der Waals surface area contributed by atoms with E-state index in [0.29, 0.717) is 10.7 Å². The molecular weight excluding hydrogens is 374 g/mol. The Morgan fingerprint density at radius 2 is 1.28 bits per heavy atom. The van der Waals surface area contributed by atoms with E-state index in [0.717, 1.165) is 5.75 Å². The molecule has 1 aromatic carbocycles. The Bertz CT molecular complexity index is 408. The summed E-state index contributed by atoms with van der Waals surface area (Å²) in [6, 6.07) is 10.7. The molecule has 2 nitrogen and oxygen atoms in total. The van der Waals surface area contributed by atoms with Crippen molar-refractivity contribution in [1.82, 2.24) is 0 Å². The molecule has 1 rings (SSSR count). The van der Waals surface area contributed by atoms with Gasteiger partial charge < -0.3 is 21.8 Å². The second-order valence-corrected chi connectivity index (χ2v) is 7.66. The number of quaternary nitrogens is 1. The highest BCUT2D eigenvalue weighted by atomic mass is 79.9. The molecule has 0 aliphatic rings. The van der Waals surface area contributed by atoms with Crippen molar-refractivity contribution >= 4 is 0 Å². The first-order valence-corrected chi connectivity index (χ1v) is 10.1. The maximum Gasteiger partial charge on any atom is 0.190 e. The number of hydrogen-bond acceptors (Lipinski definition) is 1. The van der Waals surface area contributed by atoms with Crippen molar-refractivity contribution in [1.29, 1.82) is 0 Å². The lowest BCUT2D eigenvalue weighted by Crippen LogP contribution is -3.00. The molecule has 146 valence electrons. The second-order valence-electron chi connectivity index (χ2n) is 7.66. The molecule has 0 aromatic heterocycles. The molecule has 0 N–H and O–H groups in total. The topological polar surface area (TPSA) is 9.23 Å². The number of para-hydroxylation sites is 1. The molecule has 0 aliphatic carbocycles. The summed E-state index contributed by atoms with van der Waals surface area (Å²) >= 11 is 0. The average molecular weight is 414 g/mol. The van der Waals surface area contributed by atoms with E-state index < -0.39 is 0 Å². The minimum Gasteiger partial charge on any atom is -1.00 e. The predicted octanol–water partition coefficient (Wildman–Crippen LogP) is 3.76. The van der Waals surface area contributed by atoms with Crippen LogP contribution in [0.4, 0.5) is 0 Å². The molecule has 1 unspecified atom stereocenters. The standard InChI is InChI=1S/C22H40NO.BrH/c1-5-6-7-8-9-10-11-12-13-15-18-21(2)23(3,4)24-22-19-16-14-17-20-22;/h14,16-17,19-21H,5-13,15,18H2,1-4H3;1H/q+1;/p-1. The monoisotopic (exact) mass is 413 g/mol. The Morgan fingerprint density at radius 1 is 0.800 bits per heavy atom. The van der Waals surface area contributed by atoms with Crippen molar-refractivity contribution in [2.75, 3.05) is 14.1 Å². The lowest BCUT2D eigenvalue weighted by Gasteiger charge is -2.33. The number of unbranched alkanes of at least 4 members (excludes halogenated alkanes) is 9. The first-order chi connectivity index (χ1) is 11.6. The van der Waals surface area contributed by atoms with Crippen molar-refractivity contribution in [3.05, 3.63) is 30.3 Å². The van der Waals surface area contributed by atoms with Crippen molar-refractivity contribution in [3.8, 4) is 5.75 Å². The zero-order chi connectivity index (χ0) is 17.7. The largest absolute Gasteiger partial charge is 1.00 e. The summed E-state index contributed by atoms with van der Waals surface area (Å²) < 4.78 is 0.599. The summed E-state index contributed by atoms with van der Waals surface area (Å²) in [5.74, 6) is 0.956. The molecule has 0 saturated heterocycles. The number of halogens is 1. The van der Waals surface area contributed by atoms with Gasteiger partial charge in [0.15, 0.2) is 5.75 Å². The van der Waals surface area contributed by atoms with Crippen LogP contribution >= 0.6 is 0 Å². The van der Waals surface area contributed by atoms with Crippen molar-refractivity contribution < 1.29 is 26.5 Å². The van der Waals surface area contributed by atoms with Gasteiger partial charge in [-0.15, -0.1) is 4.65 Å². The lowest BCUT2D eigenvalue weighted by molar-refractivity contribution is -1.07. The zero-order valence-corrected chi connectivity index (χ0v) is 18.6. The fourth-order valence-electron chi connectivity index (χ4n) is 3.08. The van der Waals surface area contributed by atoms with Gasteiger partial charge in [-0.25, -0.2) is 0 Å². The Labute approximate surface area is 167 Å². The number of hydroxylamine groups is 3. The minimum atomic E-state index is 0. The van der Waals surface area contributed by atoms with Crippen LogP contribution in [0.2, 0.25) is 0 Å². The predicted molar refractivity (Wildman–Crippen MR) is 105 cm³/mol. The highest BCUT2D eigenvalue weighted by molar-refractivity contribution is 5.20. The molecule has 0 radical (unpaired) electrons. The summed E-state index contributed by atoms with van der Waals surface area (Å²) in [5, 5.41) is 0. The molecule has 0 aliphatic heterocycles. The van der Waals surface area contributed by atoms with E-state index in [1.165, 1.54) is 70.6 Å². The van der Waals surface area contributed by atoms with Gasteiger partial charge in [0.1, 0.15) is 20.1 Å². The van der Waals surface area contributed by atoms with E-state index in [4.69, 9.17) is 4.84 Å². The van der Waals surface area contributed by atoms with Gasteiger partial charge in [0.25, 0.3) is 0 Å². The number of nitrogens with zero attached hydrogens (tertiary/aromatic N) is 1. The molecule has 0 bridgehead atoms. The third-order valence-electron chi connectivity index (χ3n) is 5.12. The van der Waals surface area contributed by atoms with Crippen LogP contribution in [-0.4, -0.2) is 24.8 Å². The highest BCUT2D eigenvalue weighted by Gasteiger charge is 2.26. The molecular formula is C22H40BrNO. The van der Waals surface area contributed by atoms with E-state index in [-0.39, 0.29) is 17.0 Å². The van der Waals surface area contributed by atoms with Gasteiger partial charge in [-0.3, -0.25) is 0 Å². The van der Waals surface area contributed by atoms with Gasteiger partial charge in [0.2, 0.25) is 0 Å². The molecule has 1 aromatic rings. The lowest BCUT2D eigenvalue weighted by atomic mass is 10.0. The van der Waals surface area contributed by atoms with Gasteiger partial charge in [0, 0.05) is 6.42 Å². The van der Waals surface area contributed by atoms with Crippen molar-refractivity contribution in [2.24, 2.45) is 0 Å². The summed E-state index contributed by atoms with van der Waals surface area (Å²) in [6.45, 7) is 4.59. The van der Waals surface area contributed by atoms with Gasteiger partial charge in [-0.2, -0.15) is 0 Å². The van der Waals surface area contributed by atoms with Gasteiger partial charge in [0.05, 0.1) is 0 Å². The Morgan fingerprint density at radius 3 is 1.80 bits per heavy atom. The first-order valence-electron chi connectivity index (χ1n) is 10.1. The van der Waals surface area contributed by atoms with Crippen LogP contribution in [-0.2, 0) is 0 Å². The normalized spacial score (nSPS) is 12.5. The summed E-state index contributed by atoms with van der Waals surface area (Å²) in [4.78, 5) is 6.14. The van der Waals surface area contributed by atoms with E-state index in [2.05, 4.69) is 27.9 Å². The zero-order valence-electron chi connectivity index (χ0n) is 17.0. The average Bonchev–Trinajstić information content (AvgIpc) is 2.57. The molecule has 25 heavy (non-hydrogen) atoms. The number of hydrogen-bond donors (Lipinski definition) is 0. The van der Waals surface area contributed by atoms with Crippen molar-refractivity contribution in [3.63, 3.8) is 0 Å². The van der Waals surface area contributed by atoms with Crippen molar-refractivity contribution in [2.45, 2.75) is 90.5 Å². The van der Waals surface area contributed by atoms with Gasteiger partial charge >= 0.3 is 0 Å². The van der Waals surface area contributed by atoms with E-state index >= 15 is 0 Å². The number of benzene rings is 1. The fourth-order valence-corrected chi connectivity index (χ4v) is 3.08. The third-order valence-corrected chi connectivity index (χ3v) is 5.12. The molecule has 0 spiro atoms. The molecule has 3 heteroatoms. The molecule has 1 atom stereocenters. The van der Waals surface area contributed by atoms with Crippen LogP contribution in [0.5, 0.6) is 5.75 Å². The Balaban J connectivity index is 0.00000576. The smallest absolute Gasteiger partial charge is 0.190 e. The molecule has 0 saturated carbocycles. The maximum absolute atomic E-state index is 6.14. The van der Waals surface area contributed by atoms with E-state index in [1.54, 1.807) is 0 Å². The summed E-state index contributed by atoms with van der Waals surface area (Å²) in [7, 11) is 4.32. The van der Waals surface area contributed by atoms with E-state index in [9.17, 15) is 0 Å². The van der Waals surface area contributed by atoms with Crippen LogP contribution in [0.25, 0.3) is 0 Å². The number of rotatable bonds is 14. The Hall–Kier alpha value is -0.540. The van der Waals surface area contributed by atoms with Crippen LogP contribution in [0.3, 0.4) is 0 Å². The fraction of sp³-hybridized carbons (Fsp3) is 0.727. The third kappa shape index (κ3) is 11.6. The maximum atomic E-state index is 6.14. The molecule has 0 fully saturated rings. The summed E-state index contributed by atoms with van der Waals surface area (Å²) in [6.07, 6.45) is 15.2.